The Morgan fingerprint density at radius 2 is 2.10 bits per heavy atom. The first-order valence-electron chi connectivity index (χ1n) is 6.11. The summed E-state index contributed by atoms with van der Waals surface area (Å²) in [6.45, 7) is 1.96. The van der Waals surface area contributed by atoms with Gasteiger partial charge in [0.05, 0.1) is 15.8 Å². The summed E-state index contributed by atoms with van der Waals surface area (Å²) in [6, 6.07) is 8.98. The number of anilines is 1. The van der Waals surface area contributed by atoms with Gasteiger partial charge in [-0.05, 0) is 37.3 Å². The summed E-state index contributed by atoms with van der Waals surface area (Å²) in [5.41, 5.74) is 1.26. The first-order valence-corrected chi connectivity index (χ1v) is 6.93. The van der Waals surface area contributed by atoms with Crippen LogP contribution in [0.4, 0.5) is 5.69 Å². The van der Waals surface area contributed by atoms with Gasteiger partial charge in [-0.1, -0.05) is 0 Å². The fourth-order valence-corrected chi connectivity index (χ4v) is 2.87. The number of nitrogens with one attached hydrogen (secondary N) is 2. The molecule has 0 aliphatic heterocycles. The van der Waals surface area contributed by atoms with Crippen LogP contribution in [0.1, 0.15) is 14.5 Å². The van der Waals surface area contributed by atoms with Crippen molar-refractivity contribution >= 4 is 33.8 Å². The van der Waals surface area contributed by atoms with Crippen molar-refractivity contribution in [1.29, 1.82) is 0 Å². The maximum atomic E-state index is 12.1. The molecule has 3 aromatic rings. The number of benzene rings is 1. The van der Waals surface area contributed by atoms with Crippen molar-refractivity contribution in [3.05, 3.63) is 50.4 Å². The van der Waals surface area contributed by atoms with Gasteiger partial charge in [-0.25, -0.2) is 0 Å². The van der Waals surface area contributed by atoms with Gasteiger partial charge in [0.15, 0.2) is 0 Å². The Balaban J connectivity index is 1.93. The molecule has 0 saturated carbocycles. The average Bonchev–Trinajstić information content (AvgIpc) is 2.95. The summed E-state index contributed by atoms with van der Waals surface area (Å²) in [7, 11) is 1.77. The highest BCUT2D eigenvalue weighted by atomic mass is 32.1. The second-order valence-corrected chi connectivity index (χ2v) is 5.88. The predicted molar refractivity (Wildman–Crippen MR) is 80.5 cm³/mol. The number of rotatable bonds is 2. The normalized spacial score (nSPS) is 10.9. The fraction of sp³-hybridized carbons (Fsp3) is 0.143. The minimum absolute atomic E-state index is 0.158. The Morgan fingerprint density at radius 3 is 2.80 bits per heavy atom. The zero-order valence-corrected chi connectivity index (χ0v) is 11.9. The van der Waals surface area contributed by atoms with Gasteiger partial charge in [-0.15, -0.1) is 11.3 Å². The first-order chi connectivity index (χ1) is 9.54. The second kappa shape index (κ2) is 4.64. The van der Waals surface area contributed by atoms with E-state index in [1.807, 2.05) is 19.1 Å². The fourth-order valence-electron chi connectivity index (χ4n) is 2.11. The van der Waals surface area contributed by atoms with E-state index in [1.54, 1.807) is 29.9 Å². The molecule has 0 aliphatic carbocycles. The van der Waals surface area contributed by atoms with Crippen LogP contribution in [-0.2, 0) is 7.05 Å². The lowest BCUT2D eigenvalue weighted by molar-refractivity contribution is 0.103. The lowest BCUT2D eigenvalue weighted by atomic mass is 10.2. The third-order valence-corrected chi connectivity index (χ3v) is 4.09. The lowest BCUT2D eigenvalue weighted by Crippen LogP contribution is -2.10. The van der Waals surface area contributed by atoms with E-state index >= 15 is 0 Å². The molecule has 0 atom stereocenters. The van der Waals surface area contributed by atoms with E-state index in [9.17, 15) is 9.59 Å². The minimum atomic E-state index is -0.162. The number of aromatic nitrogens is 2. The van der Waals surface area contributed by atoms with Crippen molar-refractivity contribution in [1.82, 2.24) is 9.78 Å². The number of hydrogen-bond donors (Lipinski definition) is 2. The first kappa shape index (κ1) is 12.7. The van der Waals surface area contributed by atoms with Gasteiger partial charge < -0.3 is 5.32 Å². The van der Waals surface area contributed by atoms with Crippen molar-refractivity contribution < 1.29 is 4.79 Å². The van der Waals surface area contributed by atoms with Gasteiger partial charge >= 0.3 is 0 Å². The summed E-state index contributed by atoms with van der Waals surface area (Å²) >= 11 is 1.44. The molecule has 2 aromatic heterocycles. The van der Waals surface area contributed by atoms with Crippen LogP contribution in [0.15, 0.2) is 35.1 Å². The van der Waals surface area contributed by atoms with Crippen molar-refractivity contribution in [2.75, 3.05) is 5.32 Å². The van der Waals surface area contributed by atoms with Gasteiger partial charge in [-0.2, -0.15) is 0 Å². The molecule has 6 heteroatoms. The SMILES string of the molecule is Cc1ccc(C(=O)Nc2ccc3c(c2)c(=O)[nH]n3C)s1. The molecule has 3 rings (SSSR count). The van der Waals surface area contributed by atoms with Crippen LogP contribution >= 0.6 is 11.3 Å². The molecule has 2 heterocycles. The molecule has 0 aliphatic rings. The highest BCUT2D eigenvalue weighted by molar-refractivity contribution is 7.14. The molecule has 2 N–H and O–H groups in total. The number of thiophene rings is 1. The van der Waals surface area contributed by atoms with Crippen LogP contribution in [0.2, 0.25) is 0 Å². The van der Waals surface area contributed by atoms with Gasteiger partial charge in [0.25, 0.3) is 11.5 Å². The Kier molecular flexibility index (Phi) is 2.94. The number of carbonyl (C=O) groups is 1. The molecular weight excluding hydrogens is 274 g/mol. The molecule has 5 nitrogen and oxygen atoms in total. The lowest BCUT2D eigenvalue weighted by Gasteiger charge is -2.03. The Bertz CT molecular complexity index is 857. The molecular formula is C14H13N3O2S. The van der Waals surface area contributed by atoms with Crippen LogP contribution in [0.5, 0.6) is 0 Å². The summed E-state index contributed by atoms with van der Waals surface area (Å²) < 4.78 is 1.66. The number of hydrogen-bond acceptors (Lipinski definition) is 3. The zero-order chi connectivity index (χ0) is 14.3. The number of carbonyl (C=O) groups excluding carboxylic acids is 1. The average molecular weight is 287 g/mol. The molecule has 0 spiro atoms. The molecule has 102 valence electrons. The van der Waals surface area contributed by atoms with Crippen LogP contribution in [0.25, 0.3) is 10.9 Å². The maximum Gasteiger partial charge on any atom is 0.272 e. The molecule has 0 bridgehead atoms. The number of fused-ring (bicyclic) bond motifs is 1. The van der Waals surface area contributed by atoms with Gasteiger partial charge in [0, 0.05) is 17.6 Å². The molecule has 0 fully saturated rings. The Labute approximate surface area is 118 Å². The summed E-state index contributed by atoms with van der Waals surface area (Å²) in [6.07, 6.45) is 0. The van der Waals surface area contributed by atoms with Gasteiger partial charge in [0.2, 0.25) is 0 Å². The van der Waals surface area contributed by atoms with E-state index in [1.165, 1.54) is 11.3 Å². The summed E-state index contributed by atoms with van der Waals surface area (Å²) in [4.78, 5) is 25.5. The number of amides is 1. The monoisotopic (exact) mass is 287 g/mol. The topological polar surface area (TPSA) is 66.9 Å². The highest BCUT2D eigenvalue weighted by Gasteiger charge is 2.10. The van der Waals surface area contributed by atoms with Gasteiger partial charge in [0.1, 0.15) is 0 Å². The highest BCUT2D eigenvalue weighted by Crippen LogP contribution is 2.19. The smallest absolute Gasteiger partial charge is 0.272 e. The van der Waals surface area contributed by atoms with Crippen molar-refractivity contribution in [3.63, 3.8) is 0 Å². The predicted octanol–water partition coefficient (Wildman–Crippen LogP) is 2.49. The van der Waals surface area contributed by atoms with E-state index in [2.05, 4.69) is 10.4 Å². The molecule has 0 saturated heterocycles. The maximum absolute atomic E-state index is 12.1. The van der Waals surface area contributed by atoms with Crippen LogP contribution < -0.4 is 10.9 Å². The number of H-pyrrole nitrogens is 1. The third kappa shape index (κ3) is 2.14. The molecule has 1 amide bonds. The van der Waals surface area contributed by atoms with Crippen LogP contribution in [0, 0.1) is 6.92 Å². The number of aryl methyl sites for hydroxylation is 2. The number of aromatic amines is 1. The summed E-state index contributed by atoms with van der Waals surface area (Å²) in [5.74, 6) is -0.158. The van der Waals surface area contributed by atoms with E-state index in [-0.39, 0.29) is 11.5 Å². The minimum Gasteiger partial charge on any atom is -0.321 e. The van der Waals surface area contributed by atoms with Crippen molar-refractivity contribution in [3.8, 4) is 0 Å². The van der Waals surface area contributed by atoms with Crippen LogP contribution in [-0.4, -0.2) is 15.7 Å². The Morgan fingerprint density at radius 1 is 1.30 bits per heavy atom. The van der Waals surface area contributed by atoms with Crippen molar-refractivity contribution in [2.45, 2.75) is 6.92 Å². The summed E-state index contributed by atoms with van der Waals surface area (Å²) in [5, 5.41) is 6.05. The second-order valence-electron chi connectivity index (χ2n) is 4.60. The van der Waals surface area contributed by atoms with E-state index < -0.39 is 0 Å². The van der Waals surface area contributed by atoms with E-state index in [0.717, 1.165) is 10.4 Å². The zero-order valence-electron chi connectivity index (χ0n) is 11.1. The molecule has 0 unspecified atom stereocenters. The molecule has 20 heavy (non-hydrogen) atoms. The largest absolute Gasteiger partial charge is 0.321 e. The van der Waals surface area contributed by atoms with Crippen LogP contribution in [0.3, 0.4) is 0 Å². The third-order valence-electron chi connectivity index (χ3n) is 3.09. The van der Waals surface area contributed by atoms with Crippen molar-refractivity contribution in [2.24, 2.45) is 7.05 Å². The van der Waals surface area contributed by atoms with E-state index in [4.69, 9.17) is 0 Å². The molecule has 0 radical (unpaired) electrons. The van der Waals surface area contributed by atoms with E-state index in [0.29, 0.717) is 16.0 Å². The van der Waals surface area contributed by atoms with Gasteiger partial charge in [-0.3, -0.25) is 19.4 Å². The Hall–Kier alpha value is -2.34. The number of nitrogens with zero attached hydrogens (tertiary/aromatic N) is 1. The standard InChI is InChI=1S/C14H13N3O2S/c1-8-3-6-12(20-8)14(19)15-9-4-5-11-10(7-9)13(18)16-17(11)2/h3-7H,1-2H3,(H,15,19)(H,16,18). The molecule has 1 aromatic carbocycles. The quantitative estimate of drug-likeness (QED) is 0.760.